The van der Waals surface area contributed by atoms with E-state index in [0.29, 0.717) is 0 Å². The summed E-state index contributed by atoms with van der Waals surface area (Å²) >= 11 is 0. The molecular weight excluding hydrogens is 122 g/mol. The minimum Gasteiger partial charge on any atom is -0.402 e. The molecule has 0 aromatic carbocycles. The number of hydrogen-bond acceptors (Lipinski definition) is 1. The van der Waals surface area contributed by atoms with Crippen molar-refractivity contribution in [3.8, 4) is 0 Å². The van der Waals surface area contributed by atoms with Crippen LogP contribution in [0.25, 0.3) is 0 Å². The van der Waals surface area contributed by atoms with Gasteiger partial charge in [-0.1, -0.05) is 25.7 Å². The normalized spacial score (nSPS) is 13.4. The minimum atomic E-state index is 0.827. The third-order valence-corrected chi connectivity index (χ3v) is 1.23. The lowest BCUT2D eigenvalue weighted by Gasteiger charge is -1.92. The summed E-state index contributed by atoms with van der Waals surface area (Å²) in [6.07, 6.45) is 6.73. The predicted molar refractivity (Wildman–Crippen MR) is 46.5 cm³/mol. The van der Waals surface area contributed by atoms with Gasteiger partial charge < -0.3 is 5.73 Å². The van der Waals surface area contributed by atoms with Gasteiger partial charge in [0.2, 0.25) is 0 Å². The second-order valence-electron chi connectivity index (χ2n) is 2.21. The Hall–Kier alpha value is -0.980. The average Bonchev–Trinajstić information content (AvgIpc) is 1.90. The van der Waals surface area contributed by atoms with Crippen molar-refractivity contribution < 1.29 is 0 Å². The van der Waals surface area contributed by atoms with Crippen molar-refractivity contribution in [2.24, 2.45) is 5.73 Å². The van der Waals surface area contributed by atoms with Crippen LogP contribution >= 0.6 is 0 Å². The smallest absolute Gasteiger partial charge is 0.00489 e. The maximum absolute atomic E-state index is 5.43. The lowest BCUT2D eigenvalue weighted by Crippen LogP contribution is -1.88. The predicted octanol–water partition coefficient (Wildman–Crippen LogP) is 2.37. The van der Waals surface area contributed by atoms with Gasteiger partial charge in [0, 0.05) is 5.70 Å². The fraction of sp³-hybridized carbons (Fsp3) is 0.333. The topological polar surface area (TPSA) is 26.0 Å². The number of rotatable bonds is 3. The fourth-order valence-corrected chi connectivity index (χ4v) is 0.569. The molecule has 0 amide bonds. The highest BCUT2D eigenvalue weighted by atomic mass is 14.5. The maximum atomic E-state index is 5.43. The van der Waals surface area contributed by atoms with Crippen LogP contribution in [0.1, 0.15) is 20.3 Å². The van der Waals surface area contributed by atoms with E-state index in [1.54, 1.807) is 0 Å². The van der Waals surface area contributed by atoms with Crippen molar-refractivity contribution in [2.75, 3.05) is 0 Å². The Balaban J connectivity index is 4.12. The van der Waals surface area contributed by atoms with Gasteiger partial charge in [-0.15, -0.1) is 0 Å². The Bertz CT molecular complexity index is 160. The van der Waals surface area contributed by atoms with Crippen LogP contribution in [0.5, 0.6) is 0 Å². The van der Waals surface area contributed by atoms with Crippen molar-refractivity contribution in [1.29, 1.82) is 0 Å². The lowest BCUT2D eigenvalue weighted by molar-refractivity contribution is 1.15. The van der Waals surface area contributed by atoms with Crippen molar-refractivity contribution in [3.63, 3.8) is 0 Å². The summed E-state index contributed by atoms with van der Waals surface area (Å²) in [6, 6.07) is 0. The molecule has 1 nitrogen and oxygen atoms in total. The fourth-order valence-electron chi connectivity index (χ4n) is 0.569. The van der Waals surface area contributed by atoms with Crippen LogP contribution < -0.4 is 5.73 Å². The number of hydrogen-bond donors (Lipinski definition) is 1. The molecule has 0 atom stereocenters. The van der Waals surface area contributed by atoms with Crippen molar-refractivity contribution in [3.05, 3.63) is 36.1 Å². The molecule has 0 aliphatic carbocycles. The van der Waals surface area contributed by atoms with Gasteiger partial charge in [0.1, 0.15) is 0 Å². The zero-order valence-electron chi connectivity index (χ0n) is 6.72. The molecule has 0 radical (unpaired) electrons. The average molecular weight is 137 g/mol. The molecule has 0 aliphatic rings. The van der Waals surface area contributed by atoms with E-state index in [0.717, 1.165) is 12.1 Å². The Labute approximate surface area is 62.9 Å². The molecule has 56 valence electrons. The molecule has 0 heterocycles. The second kappa shape index (κ2) is 4.86. The SMILES string of the molecule is C=C/C(=C\C=C(/C)N)CC. The summed E-state index contributed by atoms with van der Waals surface area (Å²) in [6.45, 7) is 7.63. The third-order valence-electron chi connectivity index (χ3n) is 1.23. The molecule has 1 heteroatoms. The largest absolute Gasteiger partial charge is 0.402 e. The van der Waals surface area contributed by atoms with E-state index in [1.165, 1.54) is 5.57 Å². The van der Waals surface area contributed by atoms with Gasteiger partial charge in [0.25, 0.3) is 0 Å². The highest BCUT2D eigenvalue weighted by Crippen LogP contribution is 2.01. The van der Waals surface area contributed by atoms with Gasteiger partial charge in [0.05, 0.1) is 0 Å². The van der Waals surface area contributed by atoms with Gasteiger partial charge in [-0.3, -0.25) is 0 Å². The van der Waals surface area contributed by atoms with E-state index in [-0.39, 0.29) is 0 Å². The van der Waals surface area contributed by atoms with Gasteiger partial charge in [-0.25, -0.2) is 0 Å². The standard InChI is InChI=1S/C9H15N/c1-4-9(5-2)7-6-8(3)10/h4,6-7H,1,5,10H2,2-3H3/b8-6+,9-7+. The number of nitrogens with two attached hydrogens (primary N) is 1. The minimum absolute atomic E-state index is 0.827. The Kier molecular flexibility index (Phi) is 4.38. The van der Waals surface area contributed by atoms with Crippen LogP contribution in [0.4, 0.5) is 0 Å². The summed E-state index contributed by atoms with van der Waals surface area (Å²) < 4.78 is 0. The van der Waals surface area contributed by atoms with Crippen molar-refractivity contribution in [1.82, 2.24) is 0 Å². The molecule has 0 fully saturated rings. The quantitative estimate of drug-likeness (QED) is 0.594. The molecule has 0 spiro atoms. The first kappa shape index (κ1) is 9.02. The van der Waals surface area contributed by atoms with E-state index in [9.17, 15) is 0 Å². The van der Waals surface area contributed by atoms with Gasteiger partial charge in [-0.05, 0) is 25.0 Å². The van der Waals surface area contributed by atoms with Crippen LogP contribution in [-0.4, -0.2) is 0 Å². The molecule has 0 rings (SSSR count). The van der Waals surface area contributed by atoms with Crippen LogP contribution in [-0.2, 0) is 0 Å². The molecule has 0 aromatic heterocycles. The highest BCUT2D eigenvalue weighted by molar-refractivity contribution is 5.22. The third kappa shape index (κ3) is 3.96. The van der Waals surface area contributed by atoms with Crippen LogP contribution in [0.3, 0.4) is 0 Å². The molecule has 0 saturated carbocycles. The zero-order valence-corrected chi connectivity index (χ0v) is 6.72. The van der Waals surface area contributed by atoms with Gasteiger partial charge in [0.15, 0.2) is 0 Å². The highest BCUT2D eigenvalue weighted by Gasteiger charge is 1.81. The van der Waals surface area contributed by atoms with Crippen LogP contribution in [0.2, 0.25) is 0 Å². The van der Waals surface area contributed by atoms with Crippen molar-refractivity contribution >= 4 is 0 Å². The van der Waals surface area contributed by atoms with Gasteiger partial charge >= 0.3 is 0 Å². The summed E-state index contributed by atoms with van der Waals surface area (Å²) in [7, 11) is 0. The molecule has 10 heavy (non-hydrogen) atoms. The molecule has 0 aromatic rings. The first-order valence-corrected chi connectivity index (χ1v) is 3.46. The van der Waals surface area contributed by atoms with E-state index < -0.39 is 0 Å². The Morgan fingerprint density at radius 1 is 1.50 bits per heavy atom. The van der Waals surface area contributed by atoms with E-state index in [2.05, 4.69) is 13.5 Å². The van der Waals surface area contributed by atoms with E-state index in [4.69, 9.17) is 5.73 Å². The number of allylic oxidation sites excluding steroid dienone is 5. The molecule has 0 bridgehead atoms. The molecular formula is C9H15N. The van der Waals surface area contributed by atoms with Gasteiger partial charge in [-0.2, -0.15) is 0 Å². The first-order valence-electron chi connectivity index (χ1n) is 3.46. The Morgan fingerprint density at radius 3 is 2.40 bits per heavy atom. The summed E-state index contributed by atoms with van der Waals surface area (Å²) in [5.41, 5.74) is 7.47. The van der Waals surface area contributed by atoms with E-state index >= 15 is 0 Å². The lowest BCUT2D eigenvalue weighted by atomic mass is 10.2. The first-order chi connectivity index (χ1) is 4.70. The Morgan fingerprint density at radius 2 is 2.10 bits per heavy atom. The molecule has 0 aliphatic heterocycles. The molecule has 2 N–H and O–H groups in total. The summed E-state index contributed by atoms with van der Waals surface area (Å²) in [5, 5.41) is 0. The van der Waals surface area contributed by atoms with Crippen molar-refractivity contribution in [2.45, 2.75) is 20.3 Å². The summed E-state index contributed by atoms with van der Waals surface area (Å²) in [5.74, 6) is 0. The monoisotopic (exact) mass is 137 g/mol. The van der Waals surface area contributed by atoms with Crippen LogP contribution in [0, 0.1) is 0 Å². The van der Waals surface area contributed by atoms with Crippen LogP contribution in [0.15, 0.2) is 36.1 Å². The molecule has 0 saturated heterocycles. The summed E-state index contributed by atoms with van der Waals surface area (Å²) in [4.78, 5) is 0. The second-order valence-corrected chi connectivity index (χ2v) is 2.21. The van der Waals surface area contributed by atoms with E-state index in [1.807, 2.05) is 25.2 Å². The zero-order chi connectivity index (χ0) is 7.98. The molecule has 0 unspecified atom stereocenters. The maximum Gasteiger partial charge on any atom is 0.00489 e.